The van der Waals surface area contributed by atoms with Crippen LogP contribution in [0.5, 0.6) is 5.75 Å². The third kappa shape index (κ3) is 4.90. The van der Waals surface area contributed by atoms with E-state index in [0.29, 0.717) is 17.2 Å². The number of alkyl halides is 3. The zero-order valence-corrected chi connectivity index (χ0v) is 15.9. The van der Waals surface area contributed by atoms with Crippen LogP contribution in [0.2, 0.25) is 0 Å². The summed E-state index contributed by atoms with van der Waals surface area (Å²) in [5.74, 6) is 1.11. The Morgan fingerprint density at radius 1 is 1.07 bits per heavy atom. The summed E-state index contributed by atoms with van der Waals surface area (Å²) in [4.78, 5) is 8.13. The van der Waals surface area contributed by atoms with Gasteiger partial charge in [0, 0.05) is 18.0 Å². The molecule has 0 aliphatic carbocycles. The van der Waals surface area contributed by atoms with Crippen molar-refractivity contribution in [2.24, 2.45) is 11.1 Å². The second-order valence-electron chi connectivity index (χ2n) is 7.54. The summed E-state index contributed by atoms with van der Waals surface area (Å²) in [5.41, 5.74) is 0.496. The maximum absolute atomic E-state index is 12.9. The number of piperidine rings is 3. The monoisotopic (exact) mass is 404 g/mol. The van der Waals surface area contributed by atoms with Crippen molar-refractivity contribution in [2.45, 2.75) is 31.7 Å². The summed E-state index contributed by atoms with van der Waals surface area (Å²) in [6, 6.07) is 12.4. The molecular formula is C22H23F3N2O2. The molecule has 0 N–H and O–H groups in total. The fraction of sp³-hybridized carbons (Fsp3) is 0.409. The third-order valence-electron chi connectivity index (χ3n) is 5.55. The number of benzene rings is 2. The van der Waals surface area contributed by atoms with Crippen molar-refractivity contribution < 1.29 is 22.7 Å². The number of ether oxygens (including phenoxy) is 1. The second kappa shape index (κ2) is 8.45. The summed E-state index contributed by atoms with van der Waals surface area (Å²) in [6.07, 6.45) is -0.341. The molecule has 5 rings (SSSR count). The van der Waals surface area contributed by atoms with E-state index in [9.17, 15) is 13.2 Å². The van der Waals surface area contributed by atoms with Crippen LogP contribution >= 0.6 is 0 Å². The van der Waals surface area contributed by atoms with Crippen molar-refractivity contribution in [3.63, 3.8) is 0 Å². The number of hydrogen-bond acceptors (Lipinski definition) is 4. The van der Waals surface area contributed by atoms with Crippen LogP contribution in [0.4, 0.5) is 13.2 Å². The number of halogens is 3. The normalized spacial score (nSPS) is 24.0. The smallest absolute Gasteiger partial charge is 0.416 e. The van der Waals surface area contributed by atoms with Crippen LogP contribution in [-0.2, 0) is 17.6 Å². The van der Waals surface area contributed by atoms with Gasteiger partial charge in [0.25, 0.3) is 0 Å². The minimum Gasteiger partial charge on any atom is -0.488 e. The number of para-hydroxylation sites is 1. The molecule has 7 heteroatoms. The van der Waals surface area contributed by atoms with Gasteiger partial charge in [-0.05, 0) is 55.8 Å². The molecule has 0 amide bonds. The van der Waals surface area contributed by atoms with E-state index in [1.54, 1.807) is 18.3 Å². The first-order chi connectivity index (χ1) is 14.0. The van der Waals surface area contributed by atoms with E-state index in [0.717, 1.165) is 50.2 Å². The highest BCUT2D eigenvalue weighted by Gasteiger charge is 2.35. The Balaban J connectivity index is 1.38. The van der Waals surface area contributed by atoms with Gasteiger partial charge in [0.05, 0.1) is 11.8 Å². The van der Waals surface area contributed by atoms with Crippen molar-refractivity contribution >= 4 is 6.21 Å². The molecule has 3 aliphatic rings. The highest BCUT2D eigenvalue weighted by Crippen LogP contribution is 2.31. The van der Waals surface area contributed by atoms with Gasteiger partial charge in [-0.3, -0.25) is 4.90 Å². The van der Waals surface area contributed by atoms with E-state index in [1.165, 1.54) is 6.07 Å². The molecule has 4 nitrogen and oxygen atoms in total. The van der Waals surface area contributed by atoms with E-state index in [1.807, 2.05) is 18.2 Å². The van der Waals surface area contributed by atoms with Crippen molar-refractivity contribution in [3.05, 3.63) is 65.2 Å². The zero-order valence-electron chi connectivity index (χ0n) is 15.9. The number of fused-ring (bicyclic) bond motifs is 3. The highest BCUT2D eigenvalue weighted by atomic mass is 19.4. The van der Waals surface area contributed by atoms with Gasteiger partial charge in [0.15, 0.2) is 0 Å². The fourth-order valence-electron chi connectivity index (χ4n) is 3.91. The third-order valence-corrected chi connectivity index (χ3v) is 5.55. The van der Waals surface area contributed by atoms with E-state index >= 15 is 0 Å². The van der Waals surface area contributed by atoms with E-state index in [4.69, 9.17) is 9.57 Å². The molecule has 3 aliphatic heterocycles. The Morgan fingerprint density at radius 2 is 1.86 bits per heavy atom. The van der Waals surface area contributed by atoms with Gasteiger partial charge in [-0.15, -0.1) is 0 Å². The first-order valence-electron chi connectivity index (χ1n) is 9.78. The largest absolute Gasteiger partial charge is 0.488 e. The molecule has 2 aromatic rings. The van der Waals surface area contributed by atoms with Crippen LogP contribution in [0.3, 0.4) is 0 Å². The maximum Gasteiger partial charge on any atom is 0.416 e. The number of rotatable bonds is 6. The van der Waals surface area contributed by atoms with Gasteiger partial charge >= 0.3 is 6.18 Å². The van der Waals surface area contributed by atoms with Crippen molar-refractivity contribution in [1.29, 1.82) is 0 Å². The minimum atomic E-state index is -4.37. The number of hydrogen-bond donors (Lipinski definition) is 0. The molecule has 2 aromatic carbocycles. The quantitative estimate of drug-likeness (QED) is 0.516. The Kier molecular flexibility index (Phi) is 5.76. The minimum absolute atomic E-state index is 0.0370. The molecule has 1 atom stereocenters. The lowest BCUT2D eigenvalue weighted by molar-refractivity contribution is -0.137. The van der Waals surface area contributed by atoms with Crippen molar-refractivity contribution in [2.75, 3.05) is 19.6 Å². The van der Waals surface area contributed by atoms with Crippen LogP contribution in [0.25, 0.3) is 0 Å². The standard InChI is InChI=1S/C22H23F3N2O2/c23-22(24,25)19-6-3-4-16(12-19)15-28-20-7-2-1-5-18(20)13-26-29-21-14-27-10-8-17(21)9-11-27/h1-7,12-13,17,21H,8-11,14-15H2. The molecule has 1 unspecified atom stereocenters. The molecular weight excluding hydrogens is 381 g/mol. The summed E-state index contributed by atoms with van der Waals surface area (Å²) < 4.78 is 44.4. The van der Waals surface area contributed by atoms with Gasteiger partial charge < -0.3 is 9.57 Å². The summed E-state index contributed by atoms with van der Waals surface area (Å²) in [7, 11) is 0. The lowest BCUT2D eigenvalue weighted by Gasteiger charge is -2.42. The Morgan fingerprint density at radius 3 is 2.59 bits per heavy atom. The highest BCUT2D eigenvalue weighted by molar-refractivity contribution is 5.83. The predicted octanol–water partition coefficient (Wildman–Crippen LogP) is 4.73. The Bertz CT molecular complexity index is 861. The molecule has 3 heterocycles. The van der Waals surface area contributed by atoms with E-state index < -0.39 is 11.7 Å². The average molecular weight is 404 g/mol. The molecule has 3 fully saturated rings. The van der Waals surface area contributed by atoms with Gasteiger partial charge in [-0.2, -0.15) is 13.2 Å². The lowest BCUT2D eigenvalue weighted by Crippen LogP contribution is -2.50. The van der Waals surface area contributed by atoms with Gasteiger partial charge in [-0.1, -0.05) is 29.4 Å². The fourth-order valence-corrected chi connectivity index (χ4v) is 3.91. The van der Waals surface area contributed by atoms with Crippen LogP contribution < -0.4 is 4.74 Å². The van der Waals surface area contributed by atoms with Gasteiger partial charge in [0.1, 0.15) is 18.5 Å². The molecule has 154 valence electrons. The SMILES string of the molecule is FC(F)(F)c1cccc(COc2ccccc2C=NOC2CN3CCC2CC3)c1. The molecule has 0 radical (unpaired) electrons. The zero-order chi connectivity index (χ0) is 20.3. The van der Waals surface area contributed by atoms with Crippen molar-refractivity contribution in [3.8, 4) is 5.75 Å². The second-order valence-corrected chi connectivity index (χ2v) is 7.54. The summed E-state index contributed by atoms with van der Waals surface area (Å²) in [5, 5.41) is 4.17. The molecule has 3 saturated heterocycles. The van der Waals surface area contributed by atoms with Crippen LogP contribution in [0, 0.1) is 5.92 Å². The topological polar surface area (TPSA) is 34.1 Å². The Labute approximate surface area is 167 Å². The van der Waals surface area contributed by atoms with Gasteiger partial charge in [0.2, 0.25) is 0 Å². The predicted molar refractivity (Wildman–Crippen MR) is 104 cm³/mol. The first kappa shape index (κ1) is 19.8. The number of oxime groups is 1. The van der Waals surface area contributed by atoms with Crippen LogP contribution in [0.15, 0.2) is 53.7 Å². The van der Waals surface area contributed by atoms with Gasteiger partial charge in [-0.25, -0.2) is 0 Å². The maximum atomic E-state index is 12.9. The Hall–Kier alpha value is -2.54. The van der Waals surface area contributed by atoms with Crippen LogP contribution in [-0.4, -0.2) is 36.9 Å². The molecule has 0 spiro atoms. The van der Waals surface area contributed by atoms with E-state index in [2.05, 4.69) is 10.1 Å². The average Bonchev–Trinajstić information content (AvgIpc) is 2.73. The molecule has 0 saturated carbocycles. The number of nitrogens with zero attached hydrogens (tertiary/aromatic N) is 2. The van der Waals surface area contributed by atoms with E-state index in [-0.39, 0.29) is 12.7 Å². The molecule has 2 bridgehead atoms. The van der Waals surface area contributed by atoms with Crippen LogP contribution in [0.1, 0.15) is 29.5 Å². The molecule has 0 aromatic heterocycles. The summed E-state index contributed by atoms with van der Waals surface area (Å²) >= 11 is 0. The lowest BCUT2D eigenvalue weighted by atomic mass is 9.86. The van der Waals surface area contributed by atoms with Crippen molar-refractivity contribution in [1.82, 2.24) is 4.90 Å². The molecule has 29 heavy (non-hydrogen) atoms. The summed E-state index contributed by atoms with van der Waals surface area (Å²) in [6.45, 7) is 3.23. The first-order valence-corrected chi connectivity index (χ1v) is 9.78.